The number of ether oxygens (including phenoxy) is 1. The third-order valence-corrected chi connectivity index (χ3v) is 3.54. The number of hydrazine groups is 1. The van der Waals surface area contributed by atoms with Crippen molar-refractivity contribution in [2.24, 2.45) is 0 Å². The Morgan fingerprint density at radius 1 is 1.00 bits per heavy atom. The highest BCUT2D eigenvalue weighted by molar-refractivity contribution is 6.32. The minimum atomic E-state index is -0.639. The van der Waals surface area contributed by atoms with E-state index < -0.39 is 17.7 Å². The van der Waals surface area contributed by atoms with Crippen LogP contribution in [0, 0.1) is 0 Å². The van der Waals surface area contributed by atoms with Gasteiger partial charge in [-0.2, -0.15) is 5.01 Å². The van der Waals surface area contributed by atoms with E-state index in [1.807, 2.05) is 0 Å². The molecule has 0 saturated carbocycles. The van der Waals surface area contributed by atoms with Crippen LogP contribution in [0.5, 0.6) is 5.75 Å². The first kappa shape index (κ1) is 15.1. The summed E-state index contributed by atoms with van der Waals surface area (Å²) in [6.07, 6.45) is 0. The van der Waals surface area contributed by atoms with Crippen molar-refractivity contribution >= 4 is 29.3 Å². The molecule has 7 heteroatoms. The number of nitrogens with zero attached hydrogens (tertiary/aromatic N) is 1. The van der Waals surface area contributed by atoms with E-state index in [0.29, 0.717) is 15.8 Å². The average Bonchev–Trinajstić information content (AvgIpc) is 2.80. The molecule has 2 aromatic rings. The Hall–Kier alpha value is -2.86. The zero-order valence-electron chi connectivity index (χ0n) is 11.8. The number of carbonyl (C=O) groups is 3. The Labute approximate surface area is 136 Å². The average molecular weight is 331 g/mol. The highest BCUT2D eigenvalue weighted by atomic mass is 35.5. The SMILES string of the molecule is O=C(COc1ccccc1Cl)NN1C(=O)c2ccccc2C1=O. The molecule has 0 radical (unpaired) electrons. The Kier molecular flexibility index (Phi) is 3.99. The first-order valence-corrected chi connectivity index (χ1v) is 7.10. The summed E-state index contributed by atoms with van der Waals surface area (Å²) < 4.78 is 5.26. The van der Waals surface area contributed by atoms with Gasteiger partial charge in [0.2, 0.25) is 0 Å². The van der Waals surface area contributed by atoms with Crippen LogP contribution < -0.4 is 10.2 Å². The standard InChI is InChI=1S/C16H11ClN2O4/c17-12-7-3-4-8-13(12)23-9-14(20)18-19-15(21)10-5-1-2-6-11(10)16(19)22/h1-8H,9H2,(H,18,20). The molecule has 0 aromatic heterocycles. The highest BCUT2D eigenvalue weighted by Crippen LogP contribution is 2.23. The fraction of sp³-hybridized carbons (Fsp3) is 0.0625. The van der Waals surface area contributed by atoms with Gasteiger partial charge in [0.05, 0.1) is 16.1 Å². The quantitative estimate of drug-likeness (QED) is 0.870. The van der Waals surface area contributed by atoms with E-state index in [0.717, 1.165) is 0 Å². The van der Waals surface area contributed by atoms with Crippen LogP contribution in [-0.4, -0.2) is 29.3 Å². The second kappa shape index (κ2) is 6.10. The molecule has 0 bridgehead atoms. The summed E-state index contributed by atoms with van der Waals surface area (Å²) in [6.45, 7) is -0.378. The lowest BCUT2D eigenvalue weighted by Gasteiger charge is -2.15. The molecule has 1 aliphatic heterocycles. The smallest absolute Gasteiger partial charge is 0.280 e. The van der Waals surface area contributed by atoms with Crippen molar-refractivity contribution < 1.29 is 19.1 Å². The first-order chi connectivity index (χ1) is 11.1. The predicted octanol–water partition coefficient (Wildman–Crippen LogP) is 2.05. The Bertz CT molecular complexity index is 771. The molecule has 0 unspecified atom stereocenters. The molecule has 0 atom stereocenters. The zero-order valence-corrected chi connectivity index (χ0v) is 12.5. The highest BCUT2D eigenvalue weighted by Gasteiger charge is 2.36. The van der Waals surface area contributed by atoms with Crippen molar-refractivity contribution in [3.63, 3.8) is 0 Å². The molecule has 0 spiro atoms. The molecule has 3 rings (SSSR count). The molecular formula is C16H11ClN2O4. The van der Waals surface area contributed by atoms with Gasteiger partial charge >= 0.3 is 0 Å². The van der Waals surface area contributed by atoms with Crippen LogP contribution in [0.25, 0.3) is 0 Å². The number of benzene rings is 2. The summed E-state index contributed by atoms with van der Waals surface area (Å²) in [5, 5.41) is 1.05. The number of rotatable bonds is 4. The fourth-order valence-corrected chi connectivity index (χ4v) is 2.34. The van der Waals surface area contributed by atoms with E-state index in [9.17, 15) is 14.4 Å². The van der Waals surface area contributed by atoms with Crippen LogP contribution in [0.4, 0.5) is 0 Å². The first-order valence-electron chi connectivity index (χ1n) is 6.72. The molecule has 116 valence electrons. The van der Waals surface area contributed by atoms with E-state index in [-0.39, 0.29) is 17.7 Å². The number of nitrogens with one attached hydrogen (secondary N) is 1. The van der Waals surface area contributed by atoms with Crippen molar-refractivity contribution in [2.45, 2.75) is 0 Å². The maximum Gasteiger partial charge on any atom is 0.280 e. The van der Waals surface area contributed by atoms with Crippen LogP contribution in [0.3, 0.4) is 0 Å². The number of halogens is 1. The van der Waals surface area contributed by atoms with E-state index >= 15 is 0 Å². The minimum absolute atomic E-state index is 0.254. The molecule has 2 aromatic carbocycles. The van der Waals surface area contributed by atoms with Crippen LogP contribution >= 0.6 is 11.6 Å². The molecule has 3 amide bonds. The third kappa shape index (κ3) is 2.89. The summed E-state index contributed by atoms with van der Waals surface area (Å²) in [6, 6.07) is 13.0. The van der Waals surface area contributed by atoms with E-state index in [1.165, 1.54) is 12.1 Å². The van der Waals surface area contributed by atoms with Gasteiger partial charge in [-0.1, -0.05) is 35.9 Å². The lowest BCUT2D eigenvalue weighted by atomic mass is 10.1. The summed E-state index contributed by atoms with van der Waals surface area (Å²) in [4.78, 5) is 36.1. The topological polar surface area (TPSA) is 75.7 Å². The van der Waals surface area contributed by atoms with Crippen molar-refractivity contribution in [3.8, 4) is 5.75 Å². The van der Waals surface area contributed by atoms with Crippen LogP contribution in [0.2, 0.25) is 5.02 Å². The van der Waals surface area contributed by atoms with E-state index in [4.69, 9.17) is 16.3 Å². The molecular weight excluding hydrogens is 320 g/mol. The molecule has 0 aliphatic carbocycles. The van der Waals surface area contributed by atoms with Gasteiger partial charge in [0.15, 0.2) is 6.61 Å². The Balaban J connectivity index is 1.64. The molecule has 23 heavy (non-hydrogen) atoms. The van der Waals surface area contributed by atoms with Crippen molar-refractivity contribution in [2.75, 3.05) is 6.61 Å². The van der Waals surface area contributed by atoms with Crippen LogP contribution in [0.1, 0.15) is 20.7 Å². The Morgan fingerprint density at radius 3 is 2.17 bits per heavy atom. The lowest BCUT2D eigenvalue weighted by molar-refractivity contribution is -0.126. The zero-order chi connectivity index (χ0) is 16.4. The van der Waals surface area contributed by atoms with Gasteiger partial charge in [0.1, 0.15) is 5.75 Å². The summed E-state index contributed by atoms with van der Waals surface area (Å²) in [5.74, 6) is -1.44. The largest absolute Gasteiger partial charge is 0.482 e. The second-order valence-corrected chi connectivity index (χ2v) is 5.15. The van der Waals surface area contributed by atoms with Crippen LogP contribution in [-0.2, 0) is 4.79 Å². The summed E-state index contributed by atoms with van der Waals surface area (Å²) in [7, 11) is 0. The fourth-order valence-electron chi connectivity index (χ4n) is 2.15. The molecule has 0 fully saturated rings. The van der Waals surface area contributed by atoms with Crippen molar-refractivity contribution in [1.82, 2.24) is 10.4 Å². The molecule has 6 nitrogen and oxygen atoms in total. The van der Waals surface area contributed by atoms with Gasteiger partial charge in [0.25, 0.3) is 17.7 Å². The van der Waals surface area contributed by atoms with Gasteiger partial charge < -0.3 is 4.74 Å². The van der Waals surface area contributed by atoms with E-state index in [2.05, 4.69) is 5.43 Å². The monoisotopic (exact) mass is 330 g/mol. The lowest BCUT2D eigenvalue weighted by Crippen LogP contribution is -2.47. The summed E-state index contributed by atoms with van der Waals surface area (Å²) in [5.41, 5.74) is 2.75. The minimum Gasteiger partial charge on any atom is -0.482 e. The normalized spacial score (nSPS) is 13.0. The summed E-state index contributed by atoms with van der Waals surface area (Å²) >= 11 is 5.91. The molecule has 1 N–H and O–H groups in total. The second-order valence-electron chi connectivity index (χ2n) is 4.75. The van der Waals surface area contributed by atoms with Gasteiger partial charge in [-0.15, -0.1) is 0 Å². The predicted molar refractivity (Wildman–Crippen MR) is 82.0 cm³/mol. The number of amides is 3. The number of imide groups is 1. The van der Waals surface area contributed by atoms with Crippen molar-refractivity contribution in [3.05, 3.63) is 64.7 Å². The van der Waals surface area contributed by atoms with Gasteiger partial charge in [0, 0.05) is 0 Å². The molecule has 0 saturated heterocycles. The van der Waals surface area contributed by atoms with Crippen LogP contribution in [0.15, 0.2) is 48.5 Å². The van der Waals surface area contributed by atoms with Gasteiger partial charge in [-0.05, 0) is 24.3 Å². The number of carbonyl (C=O) groups excluding carboxylic acids is 3. The number of para-hydroxylation sites is 1. The number of hydrogen-bond donors (Lipinski definition) is 1. The maximum atomic E-state index is 12.1. The maximum absolute atomic E-state index is 12.1. The third-order valence-electron chi connectivity index (χ3n) is 3.23. The molecule has 1 aliphatic rings. The van der Waals surface area contributed by atoms with Gasteiger partial charge in [-0.3, -0.25) is 19.8 Å². The van der Waals surface area contributed by atoms with Gasteiger partial charge in [-0.25, -0.2) is 0 Å². The van der Waals surface area contributed by atoms with Crippen molar-refractivity contribution in [1.29, 1.82) is 0 Å². The number of fused-ring (bicyclic) bond motifs is 1. The number of hydrogen-bond acceptors (Lipinski definition) is 4. The molecule has 1 heterocycles. The van der Waals surface area contributed by atoms with E-state index in [1.54, 1.807) is 36.4 Å². The Morgan fingerprint density at radius 2 is 1.57 bits per heavy atom.